The second kappa shape index (κ2) is 8.55. The van der Waals surface area contributed by atoms with Gasteiger partial charge >= 0.3 is 0 Å². The second-order valence-electron chi connectivity index (χ2n) is 9.01. The van der Waals surface area contributed by atoms with Crippen LogP contribution in [0.2, 0.25) is 0 Å². The van der Waals surface area contributed by atoms with Gasteiger partial charge in [0.25, 0.3) is 5.91 Å². The van der Waals surface area contributed by atoms with Crippen LogP contribution < -0.4 is 0 Å². The SMILES string of the molecule is CCC1Cc2c(nn(C)c2-c2cc(F)c(F)c(F)c2)C(CC)N1C(=O)c1cnn2c(C)cccc12. The number of benzene rings is 1. The number of aromatic nitrogens is 4. The molecule has 0 saturated carbocycles. The van der Waals surface area contributed by atoms with E-state index >= 15 is 0 Å². The number of amides is 1. The second-order valence-corrected chi connectivity index (χ2v) is 9.01. The summed E-state index contributed by atoms with van der Waals surface area (Å²) in [6.45, 7) is 5.93. The third-order valence-corrected chi connectivity index (χ3v) is 6.97. The Morgan fingerprint density at radius 1 is 1.11 bits per heavy atom. The van der Waals surface area contributed by atoms with Crippen LogP contribution in [0.4, 0.5) is 13.2 Å². The quantitative estimate of drug-likeness (QED) is 0.368. The fourth-order valence-electron chi connectivity index (χ4n) is 5.32. The number of nitrogens with zero attached hydrogens (tertiary/aromatic N) is 5. The molecule has 0 fully saturated rings. The minimum Gasteiger partial charge on any atom is -0.327 e. The Labute approximate surface area is 201 Å². The molecule has 0 radical (unpaired) electrons. The van der Waals surface area contributed by atoms with Crippen LogP contribution >= 0.6 is 0 Å². The molecule has 1 aromatic carbocycles. The number of carbonyl (C=O) groups is 1. The van der Waals surface area contributed by atoms with Crippen molar-refractivity contribution >= 4 is 11.4 Å². The van der Waals surface area contributed by atoms with Gasteiger partial charge in [0.05, 0.1) is 34.7 Å². The molecule has 2 unspecified atom stereocenters. The monoisotopic (exact) mass is 481 g/mol. The van der Waals surface area contributed by atoms with E-state index in [1.165, 1.54) is 0 Å². The molecule has 9 heteroatoms. The van der Waals surface area contributed by atoms with Gasteiger partial charge in [-0.1, -0.05) is 19.9 Å². The lowest BCUT2D eigenvalue weighted by molar-refractivity contribution is 0.0515. The summed E-state index contributed by atoms with van der Waals surface area (Å²) >= 11 is 0. The molecule has 1 aliphatic rings. The van der Waals surface area contributed by atoms with Gasteiger partial charge in [0.1, 0.15) is 0 Å². The average Bonchev–Trinajstić information content (AvgIpc) is 3.41. The van der Waals surface area contributed by atoms with Crippen LogP contribution in [0.25, 0.3) is 16.8 Å². The first-order valence-corrected chi connectivity index (χ1v) is 11.7. The highest BCUT2D eigenvalue weighted by Crippen LogP contribution is 2.41. The Morgan fingerprint density at radius 3 is 2.49 bits per heavy atom. The fraction of sp³-hybridized carbons (Fsp3) is 0.346. The first kappa shape index (κ1) is 23.1. The average molecular weight is 482 g/mol. The van der Waals surface area contributed by atoms with E-state index < -0.39 is 17.5 Å². The van der Waals surface area contributed by atoms with Gasteiger partial charge in [-0.25, -0.2) is 17.7 Å². The van der Waals surface area contributed by atoms with Crippen LogP contribution in [0.15, 0.2) is 36.5 Å². The highest BCUT2D eigenvalue weighted by atomic mass is 19.2. The maximum absolute atomic E-state index is 14.1. The zero-order valence-electron chi connectivity index (χ0n) is 20.0. The smallest absolute Gasteiger partial charge is 0.258 e. The molecule has 35 heavy (non-hydrogen) atoms. The molecule has 4 aromatic rings. The number of hydrogen-bond donors (Lipinski definition) is 0. The number of aryl methyl sites for hydroxylation is 2. The Kier molecular flexibility index (Phi) is 5.65. The summed E-state index contributed by atoms with van der Waals surface area (Å²) in [5.41, 5.74) is 4.47. The summed E-state index contributed by atoms with van der Waals surface area (Å²) in [5.74, 6) is -4.11. The lowest BCUT2D eigenvalue weighted by Crippen LogP contribution is -2.47. The van der Waals surface area contributed by atoms with Crippen molar-refractivity contribution in [3.63, 3.8) is 0 Å². The van der Waals surface area contributed by atoms with Gasteiger partial charge in [-0.15, -0.1) is 0 Å². The zero-order valence-corrected chi connectivity index (χ0v) is 20.0. The molecule has 1 aliphatic heterocycles. The summed E-state index contributed by atoms with van der Waals surface area (Å²) in [6, 6.07) is 7.22. The first-order valence-electron chi connectivity index (χ1n) is 11.7. The maximum atomic E-state index is 14.1. The third-order valence-electron chi connectivity index (χ3n) is 6.97. The van der Waals surface area contributed by atoms with E-state index in [-0.39, 0.29) is 23.6 Å². The van der Waals surface area contributed by atoms with E-state index in [1.807, 2.05) is 43.9 Å². The van der Waals surface area contributed by atoms with E-state index in [4.69, 9.17) is 0 Å². The van der Waals surface area contributed by atoms with Crippen LogP contribution in [-0.4, -0.2) is 36.2 Å². The molecular weight excluding hydrogens is 455 g/mol. The summed E-state index contributed by atoms with van der Waals surface area (Å²) in [6.07, 6.45) is 3.36. The lowest BCUT2D eigenvalue weighted by Gasteiger charge is -2.41. The molecule has 4 heterocycles. The third kappa shape index (κ3) is 3.52. The predicted octanol–water partition coefficient (Wildman–Crippen LogP) is 5.39. The number of hydrogen-bond acceptors (Lipinski definition) is 3. The highest BCUT2D eigenvalue weighted by Gasteiger charge is 2.40. The minimum atomic E-state index is -1.50. The molecule has 0 N–H and O–H groups in total. The molecule has 5 rings (SSSR count). The van der Waals surface area contributed by atoms with Crippen molar-refractivity contribution < 1.29 is 18.0 Å². The van der Waals surface area contributed by atoms with E-state index in [9.17, 15) is 18.0 Å². The maximum Gasteiger partial charge on any atom is 0.258 e. The van der Waals surface area contributed by atoms with Crippen molar-refractivity contribution in [1.29, 1.82) is 0 Å². The van der Waals surface area contributed by atoms with Gasteiger partial charge in [-0.2, -0.15) is 10.2 Å². The van der Waals surface area contributed by atoms with E-state index in [1.54, 1.807) is 22.4 Å². The van der Waals surface area contributed by atoms with Gasteiger partial charge in [0.15, 0.2) is 17.5 Å². The Balaban J connectivity index is 1.63. The van der Waals surface area contributed by atoms with Gasteiger partial charge in [0, 0.05) is 29.9 Å². The van der Waals surface area contributed by atoms with Gasteiger partial charge in [-0.3, -0.25) is 9.48 Å². The van der Waals surface area contributed by atoms with Crippen LogP contribution in [0.3, 0.4) is 0 Å². The topological polar surface area (TPSA) is 55.4 Å². The van der Waals surface area contributed by atoms with E-state index in [0.29, 0.717) is 36.2 Å². The lowest BCUT2D eigenvalue weighted by atomic mass is 9.87. The van der Waals surface area contributed by atoms with Crippen LogP contribution in [0.5, 0.6) is 0 Å². The Bertz CT molecular complexity index is 1430. The molecule has 0 aliphatic carbocycles. The van der Waals surface area contributed by atoms with Gasteiger partial charge in [-0.05, 0) is 50.5 Å². The molecule has 3 aromatic heterocycles. The largest absolute Gasteiger partial charge is 0.327 e. The molecular formula is C26H26F3N5O. The van der Waals surface area contributed by atoms with Gasteiger partial charge in [0.2, 0.25) is 0 Å². The molecule has 1 amide bonds. The van der Waals surface area contributed by atoms with Crippen molar-refractivity contribution in [3.05, 3.63) is 76.5 Å². The van der Waals surface area contributed by atoms with Crippen molar-refractivity contribution in [2.75, 3.05) is 0 Å². The molecule has 6 nitrogen and oxygen atoms in total. The number of rotatable bonds is 4. The molecule has 2 atom stereocenters. The first-order chi connectivity index (χ1) is 16.8. The fourth-order valence-corrected chi connectivity index (χ4v) is 5.32. The van der Waals surface area contributed by atoms with Crippen molar-refractivity contribution in [1.82, 2.24) is 24.3 Å². The predicted molar refractivity (Wildman–Crippen MR) is 125 cm³/mol. The minimum absolute atomic E-state index is 0.124. The molecule has 0 spiro atoms. The van der Waals surface area contributed by atoms with Crippen molar-refractivity contribution in [3.8, 4) is 11.3 Å². The summed E-state index contributed by atoms with van der Waals surface area (Å²) < 4.78 is 45.0. The normalized spacial score (nSPS) is 17.7. The zero-order chi connectivity index (χ0) is 25.0. The number of pyridine rings is 1. The summed E-state index contributed by atoms with van der Waals surface area (Å²) in [7, 11) is 1.70. The molecule has 0 saturated heterocycles. The van der Waals surface area contributed by atoms with Crippen LogP contribution in [-0.2, 0) is 13.5 Å². The number of fused-ring (bicyclic) bond motifs is 2. The molecule has 0 bridgehead atoms. The standard InChI is InChI=1S/C26H26F3N5O/c1-5-16-12-17-24(31-32(4)25(17)15-10-19(27)23(29)20(28)11-15)21(6-2)33(16)26(35)18-13-30-34-14(3)8-7-9-22(18)34/h7-11,13,16,21H,5-6,12H2,1-4H3. The Morgan fingerprint density at radius 2 is 1.83 bits per heavy atom. The summed E-state index contributed by atoms with van der Waals surface area (Å²) in [5, 5.41) is 9.09. The van der Waals surface area contributed by atoms with Crippen molar-refractivity contribution in [2.24, 2.45) is 7.05 Å². The molecule has 182 valence electrons. The highest BCUT2D eigenvalue weighted by molar-refractivity contribution is 6.01. The van der Waals surface area contributed by atoms with Gasteiger partial charge < -0.3 is 4.90 Å². The summed E-state index contributed by atoms with van der Waals surface area (Å²) in [4.78, 5) is 15.8. The number of carbonyl (C=O) groups excluding carboxylic acids is 1. The van der Waals surface area contributed by atoms with E-state index in [2.05, 4.69) is 10.2 Å². The number of halogens is 3. The van der Waals surface area contributed by atoms with E-state index in [0.717, 1.165) is 28.9 Å². The van der Waals surface area contributed by atoms with Crippen LogP contribution in [0.1, 0.15) is 60.0 Å². The van der Waals surface area contributed by atoms with Crippen LogP contribution in [0, 0.1) is 24.4 Å². The van der Waals surface area contributed by atoms with Crippen molar-refractivity contribution in [2.45, 2.75) is 52.1 Å². The Hall–Kier alpha value is -3.62.